The Kier molecular flexibility index (Phi) is 7.15. The smallest absolute Gasteiger partial charge is 0.255 e. The van der Waals surface area contributed by atoms with E-state index in [1.54, 1.807) is 23.9 Å². The molecule has 28 heavy (non-hydrogen) atoms. The number of thioether (sulfide) groups is 1. The number of anilines is 1. The van der Waals surface area contributed by atoms with Crippen molar-refractivity contribution in [3.8, 4) is 5.75 Å². The van der Waals surface area contributed by atoms with Crippen LogP contribution >= 0.6 is 11.8 Å². The van der Waals surface area contributed by atoms with Gasteiger partial charge in [-0.1, -0.05) is 43.3 Å². The summed E-state index contributed by atoms with van der Waals surface area (Å²) in [4.78, 5) is 13.8. The molecule has 0 atom stereocenters. The van der Waals surface area contributed by atoms with Crippen molar-refractivity contribution in [3.63, 3.8) is 0 Å². The number of ether oxygens (including phenoxy) is 1. The molecule has 0 spiro atoms. The van der Waals surface area contributed by atoms with Crippen LogP contribution in [0.4, 0.5) is 5.69 Å². The van der Waals surface area contributed by atoms with E-state index >= 15 is 0 Å². The fraction of sp³-hybridized carbons (Fsp3) is 0.208. The molecule has 3 aromatic carbocycles. The topological polar surface area (TPSA) is 38.3 Å². The fourth-order valence-electron chi connectivity index (χ4n) is 2.93. The Bertz CT molecular complexity index is 908. The number of carbonyl (C=O) groups excluding carboxylic acids is 1. The van der Waals surface area contributed by atoms with E-state index in [0.717, 1.165) is 34.7 Å². The molecular formula is C24H25NO2S. The van der Waals surface area contributed by atoms with Crippen LogP contribution in [0.15, 0.2) is 77.7 Å². The van der Waals surface area contributed by atoms with E-state index in [1.165, 1.54) is 4.90 Å². The molecule has 1 N–H and O–H groups in total. The maximum Gasteiger partial charge on any atom is 0.255 e. The third-order valence-electron chi connectivity index (χ3n) is 4.46. The van der Waals surface area contributed by atoms with E-state index in [4.69, 9.17) is 4.74 Å². The number of para-hydroxylation sites is 1. The second-order valence-corrected chi connectivity index (χ2v) is 7.62. The number of nitrogens with one attached hydrogen (secondary N) is 1. The Morgan fingerprint density at radius 1 is 0.964 bits per heavy atom. The summed E-state index contributed by atoms with van der Waals surface area (Å²) in [5.74, 6) is 1.55. The first-order chi connectivity index (χ1) is 13.7. The number of aryl methyl sites for hydroxylation is 2. The van der Waals surface area contributed by atoms with Crippen molar-refractivity contribution in [1.82, 2.24) is 0 Å². The van der Waals surface area contributed by atoms with E-state index < -0.39 is 0 Å². The average Bonchev–Trinajstić information content (AvgIpc) is 2.74. The molecule has 144 valence electrons. The highest BCUT2D eigenvalue weighted by atomic mass is 32.2. The molecule has 3 nitrogen and oxygen atoms in total. The van der Waals surface area contributed by atoms with Gasteiger partial charge in [-0.15, -0.1) is 11.8 Å². The van der Waals surface area contributed by atoms with Gasteiger partial charge in [-0.2, -0.15) is 0 Å². The van der Waals surface area contributed by atoms with Crippen molar-refractivity contribution in [2.24, 2.45) is 0 Å². The molecule has 0 aliphatic heterocycles. The minimum absolute atomic E-state index is 0.102. The summed E-state index contributed by atoms with van der Waals surface area (Å²) in [6, 6.07) is 23.7. The first-order valence-corrected chi connectivity index (χ1v) is 10.5. The normalized spacial score (nSPS) is 10.5. The third kappa shape index (κ3) is 5.40. The quantitative estimate of drug-likeness (QED) is 0.379. The summed E-state index contributed by atoms with van der Waals surface area (Å²) in [6.07, 6.45) is 0.880. The summed E-state index contributed by atoms with van der Waals surface area (Å²) < 4.78 is 5.78. The molecule has 0 aliphatic carbocycles. The Balaban J connectivity index is 1.53. The average molecular weight is 392 g/mol. The van der Waals surface area contributed by atoms with Crippen molar-refractivity contribution in [1.29, 1.82) is 0 Å². The highest BCUT2D eigenvalue weighted by molar-refractivity contribution is 7.99. The van der Waals surface area contributed by atoms with Gasteiger partial charge < -0.3 is 10.1 Å². The number of hydrogen-bond acceptors (Lipinski definition) is 3. The summed E-state index contributed by atoms with van der Waals surface area (Å²) in [5.41, 5.74) is 3.75. The van der Waals surface area contributed by atoms with Gasteiger partial charge in [-0.3, -0.25) is 4.79 Å². The molecule has 3 aromatic rings. The van der Waals surface area contributed by atoms with Crippen LogP contribution in [0.5, 0.6) is 5.75 Å². The molecule has 0 bridgehead atoms. The molecule has 1 amide bonds. The van der Waals surface area contributed by atoms with Gasteiger partial charge in [0.15, 0.2) is 0 Å². The van der Waals surface area contributed by atoms with Crippen molar-refractivity contribution >= 4 is 23.4 Å². The molecule has 4 heteroatoms. The number of benzene rings is 3. The summed E-state index contributed by atoms with van der Waals surface area (Å²) >= 11 is 1.76. The van der Waals surface area contributed by atoms with Crippen LogP contribution in [-0.4, -0.2) is 18.3 Å². The van der Waals surface area contributed by atoms with Crippen LogP contribution in [0.2, 0.25) is 0 Å². The molecule has 3 rings (SSSR count). The van der Waals surface area contributed by atoms with E-state index in [9.17, 15) is 4.79 Å². The molecule has 0 aliphatic rings. The number of carbonyl (C=O) groups is 1. The predicted octanol–water partition coefficient (Wildman–Crippen LogP) is 5.98. The Morgan fingerprint density at radius 2 is 1.71 bits per heavy atom. The van der Waals surface area contributed by atoms with Gasteiger partial charge in [0.1, 0.15) is 5.75 Å². The monoisotopic (exact) mass is 391 g/mol. The van der Waals surface area contributed by atoms with E-state index in [2.05, 4.69) is 24.4 Å². The Morgan fingerprint density at radius 3 is 2.43 bits per heavy atom. The molecule has 0 aromatic heterocycles. The first kappa shape index (κ1) is 20.0. The number of amides is 1. The highest BCUT2D eigenvalue weighted by Crippen LogP contribution is 2.23. The summed E-state index contributed by atoms with van der Waals surface area (Å²) in [6.45, 7) is 4.72. The lowest BCUT2D eigenvalue weighted by molar-refractivity contribution is 0.102. The van der Waals surface area contributed by atoms with Crippen LogP contribution < -0.4 is 10.1 Å². The van der Waals surface area contributed by atoms with Crippen LogP contribution in [-0.2, 0) is 6.42 Å². The predicted molar refractivity (Wildman–Crippen MR) is 118 cm³/mol. The molecule has 0 radical (unpaired) electrons. The fourth-order valence-corrected chi connectivity index (χ4v) is 3.68. The summed E-state index contributed by atoms with van der Waals surface area (Å²) in [7, 11) is 0. The van der Waals surface area contributed by atoms with Crippen molar-refractivity contribution in [2.45, 2.75) is 25.2 Å². The minimum atomic E-state index is -0.102. The maximum atomic E-state index is 12.6. The largest absolute Gasteiger partial charge is 0.493 e. The molecular weight excluding hydrogens is 366 g/mol. The maximum absolute atomic E-state index is 12.6. The molecule has 0 saturated carbocycles. The molecule has 0 heterocycles. The van der Waals surface area contributed by atoms with Gasteiger partial charge in [0.05, 0.1) is 6.61 Å². The first-order valence-electron chi connectivity index (χ1n) is 9.48. The lowest BCUT2D eigenvalue weighted by atomic mass is 10.1. The zero-order chi connectivity index (χ0) is 19.8. The molecule has 0 unspecified atom stereocenters. The van der Waals surface area contributed by atoms with Crippen LogP contribution in [0.25, 0.3) is 0 Å². The van der Waals surface area contributed by atoms with Crippen LogP contribution in [0.1, 0.15) is 28.4 Å². The van der Waals surface area contributed by atoms with Gasteiger partial charge in [0.25, 0.3) is 5.91 Å². The molecule has 0 fully saturated rings. The van der Waals surface area contributed by atoms with Gasteiger partial charge in [-0.25, -0.2) is 0 Å². The SMILES string of the molecule is CCc1cccc(C)c1NC(=O)c1ccc(OCCSc2ccccc2)cc1. The molecule has 0 saturated heterocycles. The standard InChI is InChI=1S/C24H25NO2S/c1-3-19-9-7-8-18(2)23(19)25-24(26)20-12-14-21(15-13-20)27-16-17-28-22-10-5-4-6-11-22/h4-15H,3,16-17H2,1-2H3,(H,25,26). The van der Waals surface area contributed by atoms with Gasteiger partial charge >= 0.3 is 0 Å². The van der Waals surface area contributed by atoms with Crippen molar-refractivity contribution < 1.29 is 9.53 Å². The van der Waals surface area contributed by atoms with E-state index in [0.29, 0.717) is 12.2 Å². The minimum Gasteiger partial charge on any atom is -0.493 e. The van der Waals surface area contributed by atoms with Gasteiger partial charge in [0.2, 0.25) is 0 Å². The third-order valence-corrected chi connectivity index (χ3v) is 5.44. The van der Waals surface area contributed by atoms with Gasteiger partial charge in [0, 0.05) is 21.9 Å². The summed E-state index contributed by atoms with van der Waals surface area (Å²) in [5, 5.41) is 3.05. The number of hydrogen-bond donors (Lipinski definition) is 1. The van der Waals surface area contributed by atoms with Crippen molar-refractivity contribution in [2.75, 3.05) is 17.7 Å². The van der Waals surface area contributed by atoms with Crippen LogP contribution in [0, 0.1) is 6.92 Å². The van der Waals surface area contributed by atoms with Crippen LogP contribution in [0.3, 0.4) is 0 Å². The second-order valence-electron chi connectivity index (χ2n) is 6.45. The van der Waals surface area contributed by atoms with E-state index in [1.807, 2.05) is 55.5 Å². The number of rotatable bonds is 8. The zero-order valence-corrected chi connectivity index (χ0v) is 17.1. The Labute approximate surface area is 171 Å². The lowest BCUT2D eigenvalue weighted by Gasteiger charge is -2.13. The van der Waals surface area contributed by atoms with Crippen molar-refractivity contribution in [3.05, 3.63) is 89.5 Å². The second kappa shape index (κ2) is 10.00. The lowest BCUT2D eigenvalue weighted by Crippen LogP contribution is -2.14. The zero-order valence-electron chi connectivity index (χ0n) is 16.3. The van der Waals surface area contributed by atoms with E-state index in [-0.39, 0.29) is 5.91 Å². The Hall–Kier alpha value is -2.72. The van der Waals surface area contributed by atoms with Gasteiger partial charge in [-0.05, 0) is 60.9 Å². The highest BCUT2D eigenvalue weighted by Gasteiger charge is 2.10.